The minimum atomic E-state index is -0.548. The van der Waals surface area contributed by atoms with E-state index < -0.39 is 6.10 Å². The number of anilines is 2. The first-order chi connectivity index (χ1) is 15.0. The molecule has 0 amide bonds. The number of nitrogens with one attached hydrogen (secondary N) is 2. The van der Waals surface area contributed by atoms with Crippen molar-refractivity contribution in [3.05, 3.63) is 71.0 Å². The third kappa shape index (κ3) is 4.87. The molecule has 1 atom stereocenters. The van der Waals surface area contributed by atoms with E-state index in [9.17, 15) is 10.2 Å². The van der Waals surface area contributed by atoms with Crippen LogP contribution in [0, 0.1) is 0 Å². The summed E-state index contributed by atoms with van der Waals surface area (Å²) >= 11 is 6.01. The predicted octanol–water partition coefficient (Wildman–Crippen LogP) is 3.64. The number of hydrogen-bond donors (Lipinski definition) is 4. The number of aliphatic hydroxyl groups excluding tert-OH is 1. The molecule has 1 unspecified atom stereocenters. The van der Waals surface area contributed by atoms with Crippen LogP contribution in [-0.2, 0) is 13.1 Å². The van der Waals surface area contributed by atoms with Gasteiger partial charge in [0.05, 0.1) is 24.0 Å². The van der Waals surface area contributed by atoms with Gasteiger partial charge in [0.2, 0.25) is 5.95 Å². The molecule has 9 heteroatoms. The zero-order valence-corrected chi connectivity index (χ0v) is 17.7. The first kappa shape index (κ1) is 20.9. The van der Waals surface area contributed by atoms with Gasteiger partial charge in [-0.05, 0) is 18.6 Å². The summed E-state index contributed by atoms with van der Waals surface area (Å²) in [5, 5.41) is 26.4. The Morgan fingerprint density at radius 1 is 1.06 bits per heavy atom. The number of halogens is 1. The van der Waals surface area contributed by atoms with E-state index in [4.69, 9.17) is 11.6 Å². The number of phenols is 1. The topological polar surface area (TPSA) is 108 Å². The normalized spacial score (nSPS) is 12.1. The van der Waals surface area contributed by atoms with Crippen LogP contribution in [0.25, 0.3) is 11.2 Å². The van der Waals surface area contributed by atoms with Crippen LogP contribution in [0.4, 0.5) is 11.8 Å². The lowest BCUT2D eigenvalue weighted by atomic mass is 10.2. The maximum absolute atomic E-state index is 10.2. The molecule has 0 aliphatic heterocycles. The summed E-state index contributed by atoms with van der Waals surface area (Å²) < 4.78 is 1.95. The Morgan fingerprint density at radius 2 is 1.87 bits per heavy atom. The van der Waals surface area contributed by atoms with E-state index in [0.717, 1.165) is 5.56 Å². The van der Waals surface area contributed by atoms with Crippen molar-refractivity contribution in [1.29, 1.82) is 0 Å². The smallest absolute Gasteiger partial charge is 0.226 e. The summed E-state index contributed by atoms with van der Waals surface area (Å²) in [6.07, 6.45) is 1.18. The van der Waals surface area contributed by atoms with Crippen molar-refractivity contribution in [1.82, 2.24) is 19.5 Å². The maximum Gasteiger partial charge on any atom is 0.226 e. The quantitative estimate of drug-likeness (QED) is 0.332. The highest BCUT2D eigenvalue weighted by Crippen LogP contribution is 2.28. The van der Waals surface area contributed by atoms with Gasteiger partial charge in [0, 0.05) is 18.7 Å². The Kier molecular flexibility index (Phi) is 6.20. The second-order valence-corrected chi connectivity index (χ2v) is 7.66. The van der Waals surface area contributed by atoms with Crippen LogP contribution in [0.3, 0.4) is 0 Å². The molecule has 0 spiro atoms. The standard InChI is InChI=1S/C22H23ClN6O2/c1-14(30)10-25-22-27-20(24-11-16-8-5-9-17(23)19(16)31)18-21(28-22)29(13-26-18)12-15-6-3-2-4-7-15/h2-9,13-14,30-31H,10-12H2,1H3,(H2,24,25,27,28). The monoisotopic (exact) mass is 438 g/mol. The third-order valence-electron chi connectivity index (χ3n) is 4.73. The van der Waals surface area contributed by atoms with Gasteiger partial charge in [0.25, 0.3) is 0 Å². The van der Waals surface area contributed by atoms with Crippen LogP contribution >= 0.6 is 11.6 Å². The van der Waals surface area contributed by atoms with Gasteiger partial charge in [-0.2, -0.15) is 9.97 Å². The highest BCUT2D eigenvalue weighted by molar-refractivity contribution is 6.32. The minimum Gasteiger partial charge on any atom is -0.506 e. The SMILES string of the molecule is CC(O)CNc1nc(NCc2cccc(Cl)c2O)c2ncn(Cc3ccccc3)c2n1. The van der Waals surface area contributed by atoms with Gasteiger partial charge in [-0.25, -0.2) is 4.98 Å². The predicted molar refractivity (Wildman–Crippen MR) is 121 cm³/mol. The molecule has 0 bridgehead atoms. The lowest BCUT2D eigenvalue weighted by Crippen LogP contribution is -2.17. The Labute approximate surface area is 184 Å². The molecule has 4 rings (SSSR count). The highest BCUT2D eigenvalue weighted by Gasteiger charge is 2.15. The van der Waals surface area contributed by atoms with Crippen molar-refractivity contribution >= 4 is 34.5 Å². The Bertz CT molecular complexity index is 1180. The summed E-state index contributed by atoms with van der Waals surface area (Å²) in [6.45, 7) is 2.91. The molecule has 0 saturated carbocycles. The average Bonchev–Trinajstić information content (AvgIpc) is 3.16. The molecule has 4 N–H and O–H groups in total. The van der Waals surface area contributed by atoms with Crippen LogP contribution in [-0.4, -0.2) is 42.4 Å². The van der Waals surface area contributed by atoms with Crippen molar-refractivity contribution < 1.29 is 10.2 Å². The summed E-state index contributed by atoms with van der Waals surface area (Å²) in [6, 6.07) is 15.2. The van der Waals surface area contributed by atoms with E-state index in [2.05, 4.69) is 25.6 Å². The zero-order chi connectivity index (χ0) is 21.8. The van der Waals surface area contributed by atoms with E-state index in [1.54, 1.807) is 31.5 Å². The highest BCUT2D eigenvalue weighted by atomic mass is 35.5. The van der Waals surface area contributed by atoms with E-state index in [0.29, 0.717) is 53.2 Å². The van der Waals surface area contributed by atoms with Gasteiger partial charge >= 0.3 is 0 Å². The molecule has 2 aromatic carbocycles. The van der Waals surface area contributed by atoms with Gasteiger partial charge in [-0.15, -0.1) is 0 Å². The molecule has 2 heterocycles. The summed E-state index contributed by atoms with van der Waals surface area (Å²) in [7, 11) is 0. The van der Waals surface area contributed by atoms with Crippen LogP contribution in [0.1, 0.15) is 18.1 Å². The molecule has 0 radical (unpaired) electrons. The number of benzene rings is 2. The Balaban J connectivity index is 1.67. The van der Waals surface area contributed by atoms with Crippen molar-refractivity contribution in [3.8, 4) is 5.75 Å². The van der Waals surface area contributed by atoms with E-state index >= 15 is 0 Å². The zero-order valence-electron chi connectivity index (χ0n) is 17.0. The number of hydrogen-bond acceptors (Lipinski definition) is 7. The van der Waals surface area contributed by atoms with E-state index in [1.165, 1.54) is 0 Å². The first-order valence-electron chi connectivity index (χ1n) is 9.90. The molecule has 2 aromatic heterocycles. The van der Waals surface area contributed by atoms with Crippen molar-refractivity contribution in [2.75, 3.05) is 17.2 Å². The van der Waals surface area contributed by atoms with Crippen molar-refractivity contribution in [3.63, 3.8) is 0 Å². The second kappa shape index (κ2) is 9.20. The molecule has 0 fully saturated rings. The maximum atomic E-state index is 10.2. The van der Waals surface area contributed by atoms with Gasteiger partial charge in [0.1, 0.15) is 5.75 Å². The van der Waals surface area contributed by atoms with Crippen molar-refractivity contribution in [2.24, 2.45) is 0 Å². The lowest BCUT2D eigenvalue weighted by Gasteiger charge is -2.12. The van der Waals surface area contributed by atoms with Gasteiger partial charge < -0.3 is 25.4 Å². The fourth-order valence-electron chi connectivity index (χ4n) is 3.16. The number of aromatic nitrogens is 4. The molecule has 0 saturated heterocycles. The van der Waals surface area contributed by atoms with Crippen LogP contribution in [0.5, 0.6) is 5.75 Å². The number of phenolic OH excluding ortho intramolecular Hbond substituents is 1. The Morgan fingerprint density at radius 3 is 2.65 bits per heavy atom. The average molecular weight is 439 g/mol. The molecule has 31 heavy (non-hydrogen) atoms. The molecular weight excluding hydrogens is 416 g/mol. The largest absolute Gasteiger partial charge is 0.506 e. The number of fused-ring (bicyclic) bond motifs is 1. The fraction of sp³-hybridized carbons (Fsp3) is 0.227. The number of rotatable bonds is 8. The van der Waals surface area contributed by atoms with Crippen molar-refractivity contribution in [2.45, 2.75) is 26.1 Å². The lowest BCUT2D eigenvalue weighted by molar-refractivity contribution is 0.208. The number of aliphatic hydroxyl groups is 1. The number of para-hydroxylation sites is 1. The van der Waals surface area contributed by atoms with Crippen LogP contribution in [0.2, 0.25) is 5.02 Å². The molecule has 0 aliphatic rings. The van der Waals surface area contributed by atoms with Gasteiger partial charge in [0.15, 0.2) is 17.0 Å². The summed E-state index contributed by atoms with van der Waals surface area (Å²) in [5.41, 5.74) is 3.03. The molecule has 0 aliphatic carbocycles. The molecular formula is C22H23ClN6O2. The number of nitrogens with zero attached hydrogens (tertiary/aromatic N) is 4. The van der Waals surface area contributed by atoms with Gasteiger partial charge in [-0.3, -0.25) is 0 Å². The fourth-order valence-corrected chi connectivity index (χ4v) is 3.36. The molecule has 4 aromatic rings. The molecule has 8 nitrogen and oxygen atoms in total. The van der Waals surface area contributed by atoms with Gasteiger partial charge in [-0.1, -0.05) is 54.1 Å². The summed E-state index contributed by atoms with van der Waals surface area (Å²) in [5.74, 6) is 0.925. The number of imidazole rings is 1. The molecule has 160 valence electrons. The van der Waals surface area contributed by atoms with Crippen LogP contribution < -0.4 is 10.6 Å². The number of aromatic hydroxyl groups is 1. The minimum absolute atomic E-state index is 0.0315. The third-order valence-corrected chi connectivity index (χ3v) is 5.04. The van der Waals surface area contributed by atoms with E-state index in [1.807, 2.05) is 34.9 Å². The summed E-state index contributed by atoms with van der Waals surface area (Å²) in [4.78, 5) is 13.6. The van der Waals surface area contributed by atoms with E-state index in [-0.39, 0.29) is 5.75 Å². The Hall–Kier alpha value is -3.36. The second-order valence-electron chi connectivity index (χ2n) is 7.26. The first-order valence-corrected chi connectivity index (χ1v) is 10.3. The van der Waals surface area contributed by atoms with Crippen LogP contribution in [0.15, 0.2) is 54.9 Å².